The first-order valence-electron chi connectivity index (χ1n) is 11.7. The van der Waals surface area contributed by atoms with Gasteiger partial charge in [0.1, 0.15) is 11.0 Å². The molecule has 0 unspecified atom stereocenters. The van der Waals surface area contributed by atoms with E-state index in [-0.39, 0.29) is 0 Å². The molecule has 1 N–H and O–H groups in total. The minimum Gasteiger partial charge on any atom is -0.493 e. The Kier molecular flexibility index (Phi) is 8.10. The zero-order valence-corrected chi connectivity index (χ0v) is 22.7. The summed E-state index contributed by atoms with van der Waals surface area (Å²) in [4.78, 5) is 9.70. The number of aromatic nitrogens is 4. The van der Waals surface area contributed by atoms with E-state index in [9.17, 15) is 0 Å². The quantitative estimate of drug-likeness (QED) is 0.263. The summed E-state index contributed by atoms with van der Waals surface area (Å²) < 4.78 is 19.3. The third-order valence-electron chi connectivity index (χ3n) is 5.74. The van der Waals surface area contributed by atoms with Crippen molar-refractivity contribution in [1.82, 2.24) is 19.7 Å². The maximum atomic E-state index is 5.48. The predicted molar refractivity (Wildman–Crippen MR) is 147 cm³/mol. The summed E-state index contributed by atoms with van der Waals surface area (Å²) in [6.45, 7) is 2.77. The molecule has 0 saturated heterocycles. The van der Waals surface area contributed by atoms with Gasteiger partial charge in [-0.1, -0.05) is 47.5 Å². The molecule has 0 aliphatic carbocycles. The van der Waals surface area contributed by atoms with Crippen LogP contribution in [0.3, 0.4) is 0 Å². The molecular weight excluding hydrogens is 522 g/mol. The van der Waals surface area contributed by atoms with Crippen LogP contribution in [0.2, 0.25) is 0 Å². The van der Waals surface area contributed by atoms with Crippen LogP contribution in [-0.4, -0.2) is 41.1 Å². The summed E-state index contributed by atoms with van der Waals surface area (Å²) in [6, 6.07) is 12.0. The van der Waals surface area contributed by atoms with Crippen molar-refractivity contribution in [3.8, 4) is 17.2 Å². The summed E-state index contributed by atoms with van der Waals surface area (Å²) in [7, 11) is 6.72. The molecule has 2 aromatic carbocycles. The van der Waals surface area contributed by atoms with Gasteiger partial charge in [0.2, 0.25) is 5.75 Å². The number of benzene rings is 2. The molecule has 2 aromatic heterocycles. The fraction of sp³-hybridized carbons (Fsp3) is 0.296. The molecule has 4 rings (SSSR count). The second-order valence-corrected chi connectivity index (χ2v) is 9.14. The summed E-state index contributed by atoms with van der Waals surface area (Å²) in [5.41, 5.74) is 4.73. The summed E-state index contributed by atoms with van der Waals surface area (Å²) in [5, 5.41) is 8.22. The van der Waals surface area contributed by atoms with E-state index in [1.807, 2.05) is 48.1 Å². The minimum atomic E-state index is 0.550. The molecule has 0 radical (unpaired) electrons. The molecule has 8 nitrogen and oxygen atoms in total. The van der Waals surface area contributed by atoms with Crippen molar-refractivity contribution in [1.29, 1.82) is 0 Å². The Labute approximate surface area is 219 Å². The third kappa shape index (κ3) is 5.46. The number of hydrogen-bond acceptors (Lipinski definition) is 7. The highest BCUT2D eigenvalue weighted by atomic mass is 79.9. The van der Waals surface area contributed by atoms with Gasteiger partial charge in [0, 0.05) is 18.1 Å². The van der Waals surface area contributed by atoms with Crippen LogP contribution in [0.25, 0.3) is 23.2 Å². The first-order chi connectivity index (χ1) is 17.5. The predicted octanol–water partition coefficient (Wildman–Crippen LogP) is 5.89. The molecule has 0 aliphatic rings. The number of rotatable bonds is 10. The van der Waals surface area contributed by atoms with Crippen LogP contribution in [0.1, 0.15) is 36.0 Å². The number of anilines is 1. The first kappa shape index (κ1) is 25.5. The topological polar surface area (TPSA) is 83.3 Å². The zero-order valence-electron chi connectivity index (χ0n) is 21.1. The van der Waals surface area contributed by atoms with Crippen molar-refractivity contribution in [2.45, 2.75) is 26.3 Å². The second-order valence-electron chi connectivity index (χ2n) is 8.22. The molecule has 0 amide bonds. The Morgan fingerprint density at radius 3 is 2.28 bits per heavy atom. The Morgan fingerprint density at radius 1 is 0.972 bits per heavy atom. The van der Waals surface area contributed by atoms with Gasteiger partial charge in [0.05, 0.1) is 27.0 Å². The summed E-state index contributed by atoms with van der Waals surface area (Å²) >= 11 is 3.49. The lowest BCUT2D eigenvalue weighted by molar-refractivity contribution is 0.324. The van der Waals surface area contributed by atoms with Crippen molar-refractivity contribution < 1.29 is 14.2 Å². The maximum absolute atomic E-state index is 5.48. The standard InChI is InChI=1S/C27H30BrN5O3/c1-6-7-20-24-25(33(2)32-20)27(29-16-17-8-11-19(28)12-9-17)31-23(30-24)13-10-18-14-21(34-3)26(36-5)22(15-18)35-4/h8-15H,6-7,16H2,1-5H3,(H,29,30,31)/b13-10+. The highest BCUT2D eigenvalue weighted by Crippen LogP contribution is 2.38. The average Bonchev–Trinajstić information content (AvgIpc) is 3.21. The molecule has 0 aliphatic heterocycles. The van der Waals surface area contributed by atoms with Crippen LogP contribution < -0.4 is 19.5 Å². The third-order valence-corrected chi connectivity index (χ3v) is 6.27. The van der Waals surface area contributed by atoms with Crippen molar-refractivity contribution in [2.24, 2.45) is 7.05 Å². The number of fused-ring (bicyclic) bond motifs is 1. The number of nitrogens with one attached hydrogen (secondary N) is 1. The number of methoxy groups -OCH3 is 3. The highest BCUT2D eigenvalue weighted by Gasteiger charge is 2.17. The minimum absolute atomic E-state index is 0.550. The van der Waals surface area contributed by atoms with E-state index in [4.69, 9.17) is 29.3 Å². The summed E-state index contributed by atoms with van der Waals surface area (Å²) in [6.07, 6.45) is 5.64. The number of hydrogen-bond donors (Lipinski definition) is 1. The van der Waals surface area contributed by atoms with Gasteiger partial charge in [-0.05, 0) is 47.9 Å². The zero-order chi connectivity index (χ0) is 25.7. The van der Waals surface area contributed by atoms with Gasteiger partial charge >= 0.3 is 0 Å². The number of halogens is 1. The molecular formula is C27H30BrN5O3. The van der Waals surface area contributed by atoms with Gasteiger partial charge in [-0.2, -0.15) is 5.10 Å². The van der Waals surface area contributed by atoms with Crippen molar-refractivity contribution in [3.63, 3.8) is 0 Å². The van der Waals surface area contributed by atoms with Crippen LogP contribution in [0.4, 0.5) is 5.82 Å². The van der Waals surface area contributed by atoms with Crippen molar-refractivity contribution in [3.05, 3.63) is 63.5 Å². The SMILES string of the molecule is CCCc1nn(C)c2c(NCc3ccc(Br)cc3)nc(/C=C/c3cc(OC)c(OC)c(OC)c3)nc12. The molecule has 0 atom stereocenters. The molecule has 36 heavy (non-hydrogen) atoms. The van der Waals surface area contributed by atoms with Gasteiger partial charge in [-0.3, -0.25) is 4.68 Å². The molecule has 4 aromatic rings. The van der Waals surface area contributed by atoms with Gasteiger partial charge in [0.25, 0.3) is 0 Å². The van der Waals surface area contributed by atoms with E-state index < -0.39 is 0 Å². The molecule has 2 heterocycles. The number of ether oxygens (including phenoxy) is 3. The van der Waals surface area contributed by atoms with E-state index in [0.29, 0.717) is 29.6 Å². The lowest BCUT2D eigenvalue weighted by Gasteiger charge is -2.13. The van der Waals surface area contributed by atoms with E-state index in [0.717, 1.165) is 51.0 Å². The van der Waals surface area contributed by atoms with Gasteiger partial charge in [-0.15, -0.1) is 0 Å². The molecule has 188 valence electrons. The van der Waals surface area contributed by atoms with Crippen LogP contribution in [0.5, 0.6) is 17.2 Å². The van der Waals surface area contributed by atoms with Gasteiger partial charge in [-0.25, -0.2) is 9.97 Å². The van der Waals surface area contributed by atoms with Gasteiger partial charge in [0.15, 0.2) is 23.1 Å². The van der Waals surface area contributed by atoms with Crippen molar-refractivity contribution >= 4 is 44.9 Å². The normalized spacial score (nSPS) is 11.3. The Hall–Kier alpha value is -3.59. The highest BCUT2D eigenvalue weighted by molar-refractivity contribution is 9.10. The summed E-state index contributed by atoms with van der Waals surface area (Å²) in [5.74, 6) is 3.04. The van der Waals surface area contributed by atoms with E-state index in [1.54, 1.807) is 21.3 Å². The maximum Gasteiger partial charge on any atom is 0.203 e. The smallest absolute Gasteiger partial charge is 0.203 e. The van der Waals surface area contributed by atoms with E-state index in [2.05, 4.69) is 40.3 Å². The molecule has 0 saturated carbocycles. The largest absolute Gasteiger partial charge is 0.493 e. The lowest BCUT2D eigenvalue weighted by atomic mass is 10.1. The monoisotopic (exact) mass is 551 g/mol. The fourth-order valence-corrected chi connectivity index (χ4v) is 4.28. The first-order valence-corrected chi connectivity index (χ1v) is 12.5. The van der Waals surface area contributed by atoms with E-state index >= 15 is 0 Å². The number of nitrogens with zero attached hydrogens (tertiary/aromatic N) is 4. The van der Waals surface area contributed by atoms with Crippen LogP contribution >= 0.6 is 15.9 Å². The van der Waals surface area contributed by atoms with Crippen LogP contribution in [0.15, 0.2) is 40.9 Å². The van der Waals surface area contributed by atoms with Crippen molar-refractivity contribution in [2.75, 3.05) is 26.6 Å². The number of aryl methyl sites for hydroxylation is 2. The lowest BCUT2D eigenvalue weighted by Crippen LogP contribution is -2.06. The Balaban J connectivity index is 1.73. The van der Waals surface area contributed by atoms with Gasteiger partial charge < -0.3 is 19.5 Å². The average molecular weight is 552 g/mol. The van der Waals surface area contributed by atoms with Crippen LogP contribution in [-0.2, 0) is 20.0 Å². The second kappa shape index (κ2) is 11.4. The van der Waals surface area contributed by atoms with Crippen LogP contribution in [0, 0.1) is 0 Å². The Morgan fingerprint density at radius 2 is 1.67 bits per heavy atom. The van der Waals surface area contributed by atoms with E-state index in [1.165, 1.54) is 0 Å². The molecule has 9 heteroatoms. The Bertz CT molecular complexity index is 1360. The molecule has 0 spiro atoms. The fourth-order valence-electron chi connectivity index (χ4n) is 4.02. The molecule has 0 fully saturated rings. The molecule has 0 bridgehead atoms.